The van der Waals surface area contributed by atoms with Crippen molar-refractivity contribution in [2.75, 3.05) is 13.6 Å². The largest absolute Gasteiger partial charge is 0.389 e. The molecule has 1 aliphatic rings. The van der Waals surface area contributed by atoms with Crippen molar-refractivity contribution in [1.29, 1.82) is 0 Å². The molecule has 1 saturated heterocycles. The standard InChI is InChI=1S/C8H17NO/c1-7-8(2,10)5-4-6-9(7)3/h7,10H,4-6H2,1-3H3. The van der Waals surface area contributed by atoms with Crippen LogP contribution in [0.1, 0.15) is 26.7 Å². The summed E-state index contributed by atoms with van der Waals surface area (Å²) >= 11 is 0. The predicted octanol–water partition coefficient (Wildman–Crippen LogP) is 0.851. The van der Waals surface area contributed by atoms with Crippen LogP contribution in [0.25, 0.3) is 0 Å². The SMILES string of the molecule is CC1N(C)CCCC1(C)O. The highest BCUT2D eigenvalue weighted by molar-refractivity contribution is 4.89. The molecule has 0 aromatic rings. The van der Waals surface area contributed by atoms with Crippen molar-refractivity contribution in [3.05, 3.63) is 0 Å². The van der Waals surface area contributed by atoms with Gasteiger partial charge in [-0.2, -0.15) is 0 Å². The maximum absolute atomic E-state index is 9.77. The summed E-state index contributed by atoms with van der Waals surface area (Å²) < 4.78 is 0. The predicted molar refractivity (Wildman–Crippen MR) is 41.9 cm³/mol. The number of piperidine rings is 1. The Bertz CT molecular complexity index is 122. The van der Waals surface area contributed by atoms with Gasteiger partial charge >= 0.3 is 0 Å². The third kappa shape index (κ3) is 1.32. The van der Waals surface area contributed by atoms with Crippen LogP contribution in [0.2, 0.25) is 0 Å². The Morgan fingerprint density at radius 3 is 2.60 bits per heavy atom. The quantitative estimate of drug-likeness (QED) is 0.543. The maximum atomic E-state index is 9.77. The van der Waals surface area contributed by atoms with Gasteiger partial charge < -0.3 is 10.0 Å². The van der Waals surface area contributed by atoms with E-state index < -0.39 is 5.60 Å². The Balaban J connectivity index is 2.60. The van der Waals surface area contributed by atoms with Crippen molar-refractivity contribution in [3.8, 4) is 0 Å². The van der Waals surface area contributed by atoms with E-state index in [-0.39, 0.29) is 0 Å². The summed E-state index contributed by atoms with van der Waals surface area (Å²) in [5.74, 6) is 0. The second kappa shape index (κ2) is 2.51. The molecular weight excluding hydrogens is 126 g/mol. The molecule has 0 aromatic carbocycles. The third-order valence-electron chi connectivity index (χ3n) is 2.75. The van der Waals surface area contributed by atoms with Gasteiger partial charge in [-0.25, -0.2) is 0 Å². The Kier molecular flexibility index (Phi) is 2.02. The Morgan fingerprint density at radius 2 is 2.20 bits per heavy atom. The van der Waals surface area contributed by atoms with Gasteiger partial charge in [0.05, 0.1) is 5.60 Å². The Hall–Kier alpha value is -0.0800. The minimum atomic E-state index is -0.465. The van der Waals surface area contributed by atoms with Gasteiger partial charge in [0.25, 0.3) is 0 Å². The molecule has 2 nitrogen and oxygen atoms in total. The first-order valence-corrected chi connectivity index (χ1v) is 3.96. The molecule has 10 heavy (non-hydrogen) atoms. The number of rotatable bonds is 0. The van der Waals surface area contributed by atoms with Crippen LogP contribution in [0, 0.1) is 0 Å². The monoisotopic (exact) mass is 143 g/mol. The normalized spacial score (nSPS) is 43.8. The summed E-state index contributed by atoms with van der Waals surface area (Å²) in [6.07, 6.45) is 2.06. The number of hydrogen-bond acceptors (Lipinski definition) is 2. The zero-order valence-electron chi connectivity index (χ0n) is 7.09. The number of likely N-dealkylation sites (N-methyl/N-ethyl adjacent to an activating group) is 1. The summed E-state index contributed by atoms with van der Waals surface area (Å²) in [7, 11) is 2.07. The van der Waals surface area contributed by atoms with Crippen molar-refractivity contribution in [2.45, 2.75) is 38.3 Å². The second-order valence-corrected chi connectivity index (χ2v) is 3.62. The number of hydrogen-bond donors (Lipinski definition) is 1. The fourth-order valence-electron chi connectivity index (χ4n) is 1.56. The Morgan fingerprint density at radius 1 is 1.60 bits per heavy atom. The molecule has 0 amide bonds. The van der Waals surface area contributed by atoms with E-state index in [1.807, 2.05) is 6.92 Å². The van der Waals surface area contributed by atoms with Crippen LogP contribution < -0.4 is 0 Å². The molecule has 0 aliphatic carbocycles. The van der Waals surface area contributed by atoms with Gasteiger partial charge in [-0.15, -0.1) is 0 Å². The molecule has 0 radical (unpaired) electrons. The van der Waals surface area contributed by atoms with Crippen molar-refractivity contribution in [2.24, 2.45) is 0 Å². The molecule has 60 valence electrons. The van der Waals surface area contributed by atoms with Gasteiger partial charge in [-0.05, 0) is 40.3 Å². The molecular formula is C8H17NO. The summed E-state index contributed by atoms with van der Waals surface area (Å²) in [5, 5.41) is 9.77. The fraction of sp³-hybridized carbons (Fsp3) is 1.00. The summed E-state index contributed by atoms with van der Waals surface area (Å²) in [6, 6.07) is 0.307. The van der Waals surface area contributed by atoms with Crippen molar-refractivity contribution >= 4 is 0 Å². The average molecular weight is 143 g/mol. The lowest BCUT2D eigenvalue weighted by atomic mass is 9.88. The lowest BCUT2D eigenvalue weighted by molar-refractivity contribution is -0.0508. The van der Waals surface area contributed by atoms with Crippen LogP contribution in [0.3, 0.4) is 0 Å². The number of likely N-dealkylation sites (tertiary alicyclic amines) is 1. The smallest absolute Gasteiger partial charge is 0.0771 e. The molecule has 0 bridgehead atoms. The first kappa shape index (κ1) is 8.02. The minimum absolute atomic E-state index is 0.307. The van der Waals surface area contributed by atoms with Crippen LogP contribution >= 0.6 is 0 Å². The van der Waals surface area contributed by atoms with E-state index >= 15 is 0 Å². The molecule has 0 spiro atoms. The lowest BCUT2D eigenvalue weighted by Crippen LogP contribution is -2.51. The van der Waals surface area contributed by atoms with E-state index in [0.29, 0.717) is 6.04 Å². The molecule has 2 heteroatoms. The average Bonchev–Trinajstić information content (AvgIpc) is 1.83. The molecule has 0 aromatic heterocycles. The molecule has 1 aliphatic heterocycles. The second-order valence-electron chi connectivity index (χ2n) is 3.62. The fourth-order valence-corrected chi connectivity index (χ4v) is 1.56. The van der Waals surface area contributed by atoms with E-state index in [0.717, 1.165) is 19.4 Å². The van der Waals surface area contributed by atoms with E-state index in [2.05, 4.69) is 18.9 Å². The molecule has 2 atom stereocenters. The van der Waals surface area contributed by atoms with Crippen LogP contribution in [-0.2, 0) is 0 Å². The molecule has 1 fully saturated rings. The van der Waals surface area contributed by atoms with Crippen LogP contribution in [0.4, 0.5) is 0 Å². The van der Waals surface area contributed by atoms with Gasteiger partial charge in [-0.1, -0.05) is 0 Å². The van der Waals surface area contributed by atoms with E-state index in [4.69, 9.17) is 0 Å². The molecule has 2 unspecified atom stereocenters. The van der Waals surface area contributed by atoms with Crippen LogP contribution in [0.5, 0.6) is 0 Å². The highest BCUT2D eigenvalue weighted by Gasteiger charge is 2.33. The topological polar surface area (TPSA) is 23.5 Å². The van der Waals surface area contributed by atoms with E-state index in [1.165, 1.54) is 0 Å². The third-order valence-corrected chi connectivity index (χ3v) is 2.75. The first-order chi connectivity index (χ1) is 4.54. The van der Waals surface area contributed by atoms with Gasteiger partial charge in [0, 0.05) is 6.04 Å². The van der Waals surface area contributed by atoms with Gasteiger partial charge in [-0.3, -0.25) is 0 Å². The van der Waals surface area contributed by atoms with Crippen molar-refractivity contribution in [3.63, 3.8) is 0 Å². The van der Waals surface area contributed by atoms with Crippen molar-refractivity contribution < 1.29 is 5.11 Å². The molecule has 0 saturated carbocycles. The van der Waals surface area contributed by atoms with Gasteiger partial charge in [0.15, 0.2) is 0 Å². The minimum Gasteiger partial charge on any atom is -0.389 e. The maximum Gasteiger partial charge on any atom is 0.0771 e. The highest BCUT2D eigenvalue weighted by atomic mass is 16.3. The van der Waals surface area contributed by atoms with Crippen LogP contribution in [0.15, 0.2) is 0 Å². The first-order valence-electron chi connectivity index (χ1n) is 3.96. The highest BCUT2D eigenvalue weighted by Crippen LogP contribution is 2.25. The van der Waals surface area contributed by atoms with Crippen molar-refractivity contribution in [1.82, 2.24) is 4.90 Å². The number of nitrogens with zero attached hydrogens (tertiary/aromatic N) is 1. The van der Waals surface area contributed by atoms with Gasteiger partial charge in [0.2, 0.25) is 0 Å². The summed E-state index contributed by atoms with van der Waals surface area (Å²) in [5.41, 5.74) is -0.465. The summed E-state index contributed by atoms with van der Waals surface area (Å²) in [6.45, 7) is 5.13. The lowest BCUT2D eigenvalue weighted by Gasteiger charge is -2.41. The molecule has 1 rings (SSSR count). The number of aliphatic hydroxyl groups is 1. The molecule has 1 heterocycles. The Labute approximate surface area is 62.8 Å². The zero-order chi connectivity index (χ0) is 7.78. The van der Waals surface area contributed by atoms with Crippen LogP contribution in [-0.4, -0.2) is 35.2 Å². The summed E-state index contributed by atoms with van der Waals surface area (Å²) in [4.78, 5) is 2.21. The molecule has 1 N–H and O–H groups in total. The van der Waals surface area contributed by atoms with E-state index in [1.54, 1.807) is 0 Å². The van der Waals surface area contributed by atoms with E-state index in [9.17, 15) is 5.11 Å². The zero-order valence-corrected chi connectivity index (χ0v) is 7.09. The van der Waals surface area contributed by atoms with Gasteiger partial charge in [0.1, 0.15) is 0 Å².